The van der Waals surface area contributed by atoms with Crippen LogP contribution < -0.4 is 15.9 Å². The predicted octanol–water partition coefficient (Wildman–Crippen LogP) is 6.27. The molecule has 0 atom stereocenters. The van der Waals surface area contributed by atoms with Crippen LogP contribution in [0, 0.1) is 12.3 Å². The minimum absolute atomic E-state index is 0. The van der Waals surface area contributed by atoms with Gasteiger partial charge in [0, 0.05) is 22.1 Å². The first-order valence-electron chi connectivity index (χ1n) is 10.2. The smallest absolute Gasteiger partial charge is 0.366 e. The van der Waals surface area contributed by atoms with Crippen LogP contribution in [-0.4, -0.2) is 4.98 Å². The number of halogens is 1. The maximum Gasteiger partial charge on any atom is 1.00 e. The SMILES string of the molecule is [Au+].[C-]#Cc1ccc(Cl)c2cccnc12.c1ccc(P(c2ccccc2)c2ccccc2)cc1. The third kappa shape index (κ3) is 6.21. The number of benzene rings is 4. The number of hydrogen-bond donors (Lipinski definition) is 0. The monoisotopic (exact) mass is 645 g/mol. The minimum Gasteiger partial charge on any atom is -0.366 e. The predicted molar refractivity (Wildman–Crippen MR) is 138 cm³/mol. The molecule has 0 aliphatic carbocycles. The molecule has 5 rings (SSSR count). The number of hydrogen-bond acceptors (Lipinski definition) is 1. The van der Waals surface area contributed by atoms with E-state index in [-0.39, 0.29) is 22.4 Å². The number of rotatable bonds is 3. The second kappa shape index (κ2) is 12.5. The van der Waals surface area contributed by atoms with Gasteiger partial charge in [-0.25, -0.2) is 0 Å². The number of fused-ring (bicyclic) bond motifs is 1. The van der Waals surface area contributed by atoms with E-state index < -0.39 is 7.92 Å². The van der Waals surface area contributed by atoms with Gasteiger partial charge in [-0.1, -0.05) is 115 Å². The zero-order valence-corrected chi connectivity index (χ0v) is 21.4. The summed E-state index contributed by atoms with van der Waals surface area (Å²) >= 11 is 5.96. The normalized spacial score (nSPS) is 9.97. The van der Waals surface area contributed by atoms with E-state index in [1.807, 2.05) is 12.1 Å². The van der Waals surface area contributed by atoms with Crippen LogP contribution >= 0.6 is 19.5 Å². The van der Waals surface area contributed by atoms with Crippen LogP contribution in [0.1, 0.15) is 5.56 Å². The molecule has 0 saturated heterocycles. The van der Waals surface area contributed by atoms with Crippen LogP contribution in [0.3, 0.4) is 0 Å². The molecule has 0 unspecified atom stereocenters. The fourth-order valence-corrected chi connectivity index (χ4v) is 5.94. The van der Waals surface area contributed by atoms with Crippen molar-refractivity contribution in [3.8, 4) is 5.92 Å². The summed E-state index contributed by atoms with van der Waals surface area (Å²) in [6.45, 7) is 0. The van der Waals surface area contributed by atoms with Gasteiger partial charge >= 0.3 is 22.4 Å². The summed E-state index contributed by atoms with van der Waals surface area (Å²) in [5.41, 5.74) is 1.39. The van der Waals surface area contributed by atoms with Crippen molar-refractivity contribution in [3.05, 3.63) is 138 Å². The van der Waals surface area contributed by atoms with Crippen LogP contribution in [0.5, 0.6) is 0 Å². The molecule has 0 radical (unpaired) electrons. The largest absolute Gasteiger partial charge is 1.00 e. The average molecular weight is 646 g/mol. The summed E-state index contributed by atoms with van der Waals surface area (Å²) in [7, 11) is -0.446. The zero-order valence-electron chi connectivity index (χ0n) is 17.6. The molecule has 0 spiro atoms. The van der Waals surface area contributed by atoms with Gasteiger partial charge in [0.15, 0.2) is 0 Å². The quantitative estimate of drug-likeness (QED) is 0.0977. The first-order chi connectivity index (χ1) is 15.8. The van der Waals surface area contributed by atoms with Crippen LogP contribution in [-0.2, 0) is 22.4 Å². The van der Waals surface area contributed by atoms with Crippen molar-refractivity contribution in [2.24, 2.45) is 0 Å². The Kier molecular flexibility index (Phi) is 9.47. The summed E-state index contributed by atoms with van der Waals surface area (Å²) in [6, 6.07) is 39.5. The Labute approximate surface area is 217 Å². The summed E-state index contributed by atoms with van der Waals surface area (Å²) in [6.07, 6.45) is 8.74. The summed E-state index contributed by atoms with van der Waals surface area (Å²) in [4.78, 5) is 4.15. The summed E-state index contributed by atoms with van der Waals surface area (Å²) in [5.74, 6) is 2.33. The fraction of sp³-hybridized carbons (Fsp3) is 0. The molecule has 5 aromatic rings. The van der Waals surface area contributed by atoms with Crippen molar-refractivity contribution in [1.82, 2.24) is 4.98 Å². The van der Waals surface area contributed by atoms with Gasteiger partial charge in [-0.3, -0.25) is 10.9 Å². The summed E-state index contributed by atoms with van der Waals surface area (Å²) in [5, 5.41) is 5.71. The molecular formula is C29H20AuClNP. The fourth-order valence-electron chi connectivity index (χ4n) is 3.42. The first-order valence-corrected chi connectivity index (χ1v) is 11.9. The standard InChI is InChI=1S/C18H15P.C11H5ClN.Au/c1-4-10-16(11-5-1)19(17-12-6-2-7-13-17)18-14-8-3-9-15-18;1-2-8-5-6-10(12)9-4-3-7-13-11(8)9;/h1-15H;3-7H;/q;-1;+1. The molecule has 0 amide bonds. The van der Waals surface area contributed by atoms with E-state index in [1.165, 1.54) is 15.9 Å². The molecule has 1 heterocycles. The molecule has 33 heavy (non-hydrogen) atoms. The van der Waals surface area contributed by atoms with E-state index in [2.05, 4.69) is 102 Å². The maximum atomic E-state index is 7.06. The Morgan fingerprint density at radius 2 is 1.12 bits per heavy atom. The molecule has 4 aromatic carbocycles. The molecule has 164 valence electrons. The Balaban J connectivity index is 0.000000192. The Bertz CT molecular complexity index is 1240. The van der Waals surface area contributed by atoms with Gasteiger partial charge in [-0.2, -0.15) is 0 Å². The Morgan fingerprint density at radius 3 is 1.58 bits per heavy atom. The van der Waals surface area contributed by atoms with E-state index in [1.54, 1.807) is 18.3 Å². The Hall–Kier alpha value is -2.69. The Morgan fingerprint density at radius 1 is 0.636 bits per heavy atom. The molecule has 0 bridgehead atoms. The van der Waals surface area contributed by atoms with Crippen LogP contribution in [0.2, 0.25) is 5.02 Å². The third-order valence-corrected chi connectivity index (χ3v) is 7.67. The van der Waals surface area contributed by atoms with E-state index in [9.17, 15) is 0 Å². The van der Waals surface area contributed by atoms with Crippen LogP contribution in [0.4, 0.5) is 0 Å². The molecule has 0 saturated carbocycles. The minimum atomic E-state index is -0.446. The third-order valence-electron chi connectivity index (χ3n) is 4.89. The molecule has 0 aliphatic rings. The van der Waals surface area contributed by atoms with Crippen molar-refractivity contribution in [3.63, 3.8) is 0 Å². The topological polar surface area (TPSA) is 12.9 Å². The average Bonchev–Trinajstić information content (AvgIpc) is 2.87. The van der Waals surface area contributed by atoms with Crippen molar-refractivity contribution in [2.45, 2.75) is 0 Å². The van der Waals surface area contributed by atoms with Gasteiger partial charge in [-0.15, -0.1) is 11.6 Å². The van der Waals surface area contributed by atoms with Crippen LogP contribution in [0.25, 0.3) is 10.9 Å². The molecular weight excluding hydrogens is 626 g/mol. The number of pyridine rings is 1. The van der Waals surface area contributed by atoms with E-state index in [4.69, 9.17) is 18.0 Å². The van der Waals surface area contributed by atoms with Gasteiger partial charge in [0.05, 0.1) is 0 Å². The van der Waals surface area contributed by atoms with Crippen LogP contribution in [0.15, 0.2) is 121 Å². The molecule has 4 heteroatoms. The van der Waals surface area contributed by atoms with Gasteiger partial charge in [0.25, 0.3) is 0 Å². The van der Waals surface area contributed by atoms with E-state index >= 15 is 0 Å². The number of aromatic nitrogens is 1. The maximum absolute atomic E-state index is 7.06. The molecule has 1 nitrogen and oxygen atoms in total. The van der Waals surface area contributed by atoms with Gasteiger partial charge in [0.2, 0.25) is 0 Å². The molecule has 0 fully saturated rings. The zero-order chi connectivity index (χ0) is 22.2. The van der Waals surface area contributed by atoms with Crippen molar-refractivity contribution in [2.75, 3.05) is 0 Å². The van der Waals surface area contributed by atoms with E-state index in [0.717, 1.165) is 10.9 Å². The molecule has 0 aliphatic heterocycles. The van der Waals surface area contributed by atoms with Gasteiger partial charge in [-0.05, 0) is 29.9 Å². The first kappa shape index (κ1) is 24.9. The second-order valence-corrected chi connectivity index (χ2v) is 9.59. The second-order valence-electron chi connectivity index (χ2n) is 6.96. The van der Waals surface area contributed by atoms with Gasteiger partial charge < -0.3 is 6.42 Å². The number of nitrogens with zero attached hydrogens (tertiary/aromatic N) is 1. The molecule has 1 aromatic heterocycles. The summed E-state index contributed by atoms with van der Waals surface area (Å²) < 4.78 is 0. The molecule has 0 N–H and O–H groups in total. The van der Waals surface area contributed by atoms with Gasteiger partial charge in [0.1, 0.15) is 0 Å². The van der Waals surface area contributed by atoms with Crippen molar-refractivity contribution in [1.29, 1.82) is 0 Å². The van der Waals surface area contributed by atoms with Crippen molar-refractivity contribution >= 4 is 46.3 Å². The van der Waals surface area contributed by atoms with Crippen molar-refractivity contribution < 1.29 is 22.4 Å². The van der Waals surface area contributed by atoms with E-state index in [0.29, 0.717) is 10.6 Å².